The Bertz CT molecular complexity index is 391. The van der Waals surface area contributed by atoms with Crippen molar-refractivity contribution in [2.24, 2.45) is 5.92 Å². The van der Waals surface area contributed by atoms with Crippen molar-refractivity contribution in [3.63, 3.8) is 0 Å². The van der Waals surface area contributed by atoms with Gasteiger partial charge in [-0.1, -0.05) is 24.6 Å². The molecule has 1 aliphatic rings. The van der Waals surface area contributed by atoms with Crippen LogP contribution in [-0.4, -0.2) is 23.9 Å². The number of nitrogens with zero attached hydrogens (tertiary/aromatic N) is 1. The Labute approximate surface area is 101 Å². The number of piperidine rings is 1. The van der Waals surface area contributed by atoms with Gasteiger partial charge < -0.3 is 4.90 Å². The third-order valence-electron chi connectivity index (χ3n) is 3.02. The van der Waals surface area contributed by atoms with Gasteiger partial charge in [-0.15, -0.1) is 0 Å². The van der Waals surface area contributed by atoms with Crippen LogP contribution in [0, 0.1) is 5.92 Å². The zero-order valence-corrected chi connectivity index (χ0v) is 10.2. The van der Waals surface area contributed by atoms with Gasteiger partial charge in [-0.05, 0) is 37.0 Å². The Hall–Kier alpha value is -1.02. The molecule has 1 heterocycles. The van der Waals surface area contributed by atoms with E-state index in [4.69, 9.17) is 11.6 Å². The van der Waals surface area contributed by atoms with E-state index in [1.165, 1.54) is 6.42 Å². The Kier molecular flexibility index (Phi) is 3.49. The number of carbonyl (C=O) groups is 1. The average Bonchev–Trinajstić information content (AvgIpc) is 2.28. The summed E-state index contributed by atoms with van der Waals surface area (Å²) in [5.74, 6) is 0.714. The lowest BCUT2D eigenvalue weighted by atomic mass is 9.99. The lowest BCUT2D eigenvalue weighted by Crippen LogP contribution is -2.39. The molecule has 16 heavy (non-hydrogen) atoms. The van der Waals surface area contributed by atoms with Crippen molar-refractivity contribution in [2.45, 2.75) is 19.8 Å². The molecule has 3 heteroatoms. The topological polar surface area (TPSA) is 20.3 Å². The normalized spacial score (nSPS) is 20.9. The van der Waals surface area contributed by atoms with Gasteiger partial charge in [0, 0.05) is 23.7 Å². The number of carbonyl (C=O) groups excluding carboxylic acids is 1. The van der Waals surface area contributed by atoms with E-state index in [9.17, 15) is 4.79 Å². The van der Waals surface area contributed by atoms with Crippen LogP contribution in [0.1, 0.15) is 30.1 Å². The summed E-state index contributed by atoms with van der Waals surface area (Å²) in [5.41, 5.74) is 0.696. The maximum Gasteiger partial charge on any atom is 0.253 e. The second-order valence-electron chi connectivity index (χ2n) is 4.51. The first-order valence-corrected chi connectivity index (χ1v) is 6.09. The van der Waals surface area contributed by atoms with Crippen LogP contribution in [0.25, 0.3) is 0 Å². The number of halogens is 1. The minimum absolute atomic E-state index is 0.106. The van der Waals surface area contributed by atoms with Crippen molar-refractivity contribution >= 4 is 17.5 Å². The molecule has 2 nitrogen and oxygen atoms in total. The fraction of sp³-hybridized carbons (Fsp3) is 0.462. The number of likely N-dealkylation sites (tertiary alicyclic amines) is 1. The first-order chi connectivity index (χ1) is 7.66. The molecule has 1 saturated heterocycles. The van der Waals surface area contributed by atoms with Crippen molar-refractivity contribution in [1.29, 1.82) is 0 Å². The van der Waals surface area contributed by atoms with E-state index >= 15 is 0 Å². The molecule has 1 fully saturated rings. The molecular weight excluding hydrogens is 222 g/mol. The fourth-order valence-corrected chi connectivity index (χ4v) is 2.37. The number of hydrogen-bond acceptors (Lipinski definition) is 1. The van der Waals surface area contributed by atoms with Crippen LogP contribution in [0.4, 0.5) is 0 Å². The number of hydrogen-bond donors (Lipinski definition) is 0. The zero-order chi connectivity index (χ0) is 11.5. The Morgan fingerprint density at radius 1 is 1.50 bits per heavy atom. The highest BCUT2D eigenvalue weighted by Gasteiger charge is 2.21. The summed E-state index contributed by atoms with van der Waals surface area (Å²) in [6, 6.07) is 7.18. The van der Waals surface area contributed by atoms with E-state index in [1.807, 2.05) is 17.0 Å². The highest BCUT2D eigenvalue weighted by molar-refractivity contribution is 6.30. The third kappa shape index (κ3) is 2.56. The molecule has 1 aromatic carbocycles. The summed E-state index contributed by atoms with van der Waals surface area (Å²) >= 11 is 5.89. The predicted molar refractivity (Wildman–Crippen MR) is 65.8 cm³/mol. The largest absolute Gasteiger partial charge is 0.338 e. The van der Waals surface area contributed by atoms with Gasteiger partial charge in [-0.25, -0.2) is 0 Å². The van der Waals surface area contributed by atoms with E-state index in [1.54, 1.807) is 12.1 Å². The summed E-state index contributed by atoms with van der Waals surface area (Å²) < 4.78 is 0. The van der Waals surface area contributed by atoms with Crippen LogP contribution in [0.5, 0.6) is 0 Å². The monoisotopic (exact) mass is 237 g/mol. The van der Waals surface area contributed by atoms with Crippen LogP contribution < -0.4 is 0 Å². The van der Waals surface area contributed by atoms with Gasteiger partial charge in [0.25, 0.3) is 5.91 Å². The summed E-state index contributed by atoms with van der Waals surface area (Å²) in [5, 5.41) is 0.621. The Morgan fingerprint density at radius 2 is 2.31 bits per heavy atom. The lowest BCUT2D eigenvalue weighted by Gasteiger charge is -2.31. The smallest absolute Gasteiger partial charge is 0.253 e. The standard InChI is InChI=1S/C13H16ClNO/c1-10-4-3-7-15(9-10)13(16)11-5-2-6-12(14)8-11/h2,5-6,8,10H,3-4,7,9H2,1H3/t10-/m1/s1. The zero-order valence-electron chi connectivity index (χ0n) is 9.45. The van der Waals surface area contributed by atoms with E-state index in [-0.39, 0.29) is 5.91 Å². The molecule has 0 saturated carbocycles. The summed E-state index contributed by atoms with van der Waals surface area (Å²) in [4.78, 5) is 14.1. The van der Waals surface area contributed by atoms with E-state index in [0.29, 0.717) is 16.5 Å². The van der Waals surface area contributed by atoms with Crippen LogP contribution in [-0.2, 0) is 0 Å². The minimum Gasteiger partial charge on any atom is -0.338 e. The van der Waals surface area contributed by atoms with Gasteiger partial charge in [0.2, 0.25) is 0 Å². The second kappa shape index (κ2) is 4.88. The van der Waals surface area contributed by atoms with Crippen LogP contribution in [0.2, 0.25) is 5.02 Å². The van der Waals surface area contributed by atoms with Gasteiger partial charge in [0.1, 0.15) is 0 Å². The molecule has 1 amide bonds. The molecule has 0 bridgehead atoms. The van der Waals surface area contributed by atoms with Gasteiger partial charge in [-0.2, -0.15) is 0 Å². The van der Waals surface area contributed by atoms with Crippen LogP contribution >= 0.6 is 11.6 Å². The third-order valence-corrected chi connectivity index (χ3v) is 3.25. The molecule has 1 atom stereocenters. The Morgan fingerprint density at radius 3 is 3.00 bits per heavy atom. The highest BCUT2D eigenvalue weighted by Crippen LogP contribution is 2.19. The summed E-state index contributed by atoms with van der Waals surface area (Å²) in [6.07, 6.45) is 2.33. The molecule has 0 aromatic heterocycles. The van der Waals surface area contributed by atoms with Crippen molar-refractivity contribution in [3.8, 4) is 0 Å². The van der Waals surface area contributed by atoms with Gasteiger partial charge in [0.05, 0.1) is 0 Å². The van der Waals surface area contributed by atoms with E-state index in [2.05, 4.69) is 6.92 Å². The number of rotatable bonds is 1. The quantitative estimate of drug-likeness (QED) is 0.735. The molecule has 1 aliphatic heterocycles. The first kappa shape index (κ1) is 11.5. The second-order valence-corrected chi connectivity index (χ2v) is 4.95. The van der Waals surface area contributed by atoms with Crippen LogP contribution in [0.3, 0.4) is 0 Å². The molecule has 0 N–H and O–H groups in total. The predicted octanol–water partition coefficient (Wildman–Crippen LogP) is 3.21. The molecule has 0 unspecified atom stereocenters. The molecule has 2 rings (SSSR count). The van der Waals surface area contributed by atoms with Crippen molar-refractivity contribution < 1.29 is 4.79 Å². The maximum absolute atomic E-state index is 12.2. The minimum atomic E-state index is 0.106. The van der Waals surface area contributed by atoms with E-state index < -0.39 is 0 Å². The summed E-state index contributed by atoms with van der Waals surface area (Å²) in [7, 11) is 0. The Balaban J connectivity index is 2.12. The fourth-order valence-electron chi connectivity index (χ4n) is 2.18. The highest BCUT2D eigenvalue weighted by atomic mass is 35.5. The van der Waals surface area contributed by atoms with Crippen molar-refractivity contribution in [3.05, 3.63) is 34.9 Å². The molecule has 86 valence electrons. The van der Waals surface area contributed by atoms with Crippen molar-refractivity contribution in [2.75, 3.05) is 13.1 Å². The summed E-state index contributed by atoms with van der Waals surface area (Å²) in [6.45, 7) is 3.93. The van der Waals surface area contributed by atoms with Gasteiger partial charge >= 0.3 is 0 Å². The van der Waals surface area contributed by atoms with Crippen LogP contribution in [0.15, 0.2) is 24.3 Å². The molecular formula is C13H16ClNO. The van der Waals surface area contributed by atoms with Gasteiger partial charge in [-0.3, -0.25) is 4.79 Å². The maximum atomic E-state index is 12.2. The number of benzene rings is 1. The van der Waals surface area contributed by atoms with Gasteiger partial charge in [0.15, 0.2) is 0 Å². The first-order valence-electron chi connectivity index (χ1n) is 5.71. The van der Waals surface area contributed by atoms with E-state index in [0.717, 1.165) is 19.5 Å². The molecule has 0 spiro atoms. The molecule has 0 radical (unpaired) electrons. The molecule has 1 aromatic rings. The average molecular weight is 238 g/mol. The molecule has 0 aliphatic carbocycles. The lowest BCUT2D eigenvalue weighted by molar-refractivity contribution is 0.0683. The van der Waals surface area contributed by atoms with Crippen molar-refractivity contribution in [1.82, 2.24) is 4.90 Å². The number of amides is 1. The SMILES string of the molecule is C[C@@H]1CCCN(C(=O)c2cccc(Cl)c2)C1.